The second-order valence-corrected chi connectivity index (χ2v) is 6.09. The molecule has 0 atom stereocenters. The van der Waals surface area contributed by atoms with Crippen LogP contribution in [0.2, 0.25) is 0 Å². The Kier molecular flexibility index (Phi) is 4.60. The number of benzene rings is 3. The molecule has 1 heterocycles. The first kappa shape index (κ1) is 17.5. The molecular weight excluding hydrogens is 354 g/mol. The van der Waals surface area contributed by atoms with E-state index in [9.17, 15) is 9.90 Å². The van der Waals surface area contributed by atoms with Crippen LogP contribution in [0.25, 0.3) is 16.6 Å². The molecule has 0 aliphatic heterocycles. The van der Waals surface area contributed by atoms with Gasteiger partial charge in [0.25, 0.3) is 5.56 Å². The molecule has 28 heavy (non-hydrogen) atoms. The quantitative estimate of drug-likeness (QED) is 0.506. The molecule has 138 valence electrons. The normalized spacial score (nSPS) is 11.2. The fourth-order valence-electron chi connectivity index (χ4n) is 2.99. The van der Waals surface area contributed by atoms with Crippen LogP contribution in [0.5, 0.6) is 11.5 Å². The second-order valence-electron chi connectivity index (χ2n) is 6.09. The number of rotatable bonds is 4. The van der Waals surface area contributed by atoms with E-state index in [4.69, 9.17) is 4.74 Å². The molecule has 4 rings (SSSR count). The maximum absolute atomic E-state index is 13.2. The van der Waals surface area contributed by atoms with Crippen molar-refractivity contribution in [2.75, 3.05) is 7.11 Å². The highest BCUT2D eigenvalue weighted by molar-refractivity contribution is 5.90. The minimum Gasteiger partial charge on any atom is -0.505 e. The molecule has 0 spiro atoms. The molecule has 0 amide bonds. The van der Waals surface area contributed by atoms with Crippen molar-refractivity contribution in [3.8, 4) is 17.2 Å². The third-order valence-corrected chi connectivity index (χ3v) is 4.38. The summed E-state index contributed by atoms with van der Waals surface area (Å²) in [5, 5.41) is 19.4. The molecule has 0 unspecified atom stereocenters. The summed E-state index contributed by atoms with van der Waals surface area (Å²) in [5.74, 6) is 0.504. The second kappa shape index (κ2) is 7.36. The first-order valence-electron chi connectivity index (χ1n) is 8.67. The lowest BCUT2D eigenvalue weighted by atomic mass is 10.1. The molecule has 0 saturated carbocycles. The van der Waals surface area contributed by atoms with E-state index in [2.05, 4.69) is 10.2 Å². The molecule has 0 aliphatic carbocycles. The van der Waals surface area contributed by atoms with Crippen LogP contribution in [0.15, 0.2) is 93.9 Å². The lowest BCUT2D eigenvalue weighted by molar-refractivity contribution is 0.415. The van der Waals surface area contributed by atoms with Crippen LogP contribution in [0.4, 0.5) is 11.4 Å². The Labute approximate surface area is 161 Å². The third kappa shape index (κ3) is 3.12. The van der Waals surface area contributed by atoms with Gasteiger partial charge in [0.2, 0.25) is 0 Å². The minimum atomic E-state index is -0.445. The summed E-state index contributed by atoms with van der Waals surface area (Å²) in [4.78, 5) is 13.2. The van der Waals surface area contributed by atoms with Gasteiger partial charge >= 0.3 is 0 Å². The Hall–Kier alpha value is -3.93. The number of aromatic nitrogens is 1. The van der Waals surface area contributed by atoms with E-state index in [0.29, 0.717) is 28.0 Å². The zero-order chi connectivity index (χ0) is 19.5. The smallest absolute Gasteiger partial charge is 0.287 e. The van der Waals surface area contributed by atoms with Crippen LogP contribution in [0, 0.1) is 0 Å². The van der Waals surface area contributed by atoms with Gasteiger partial charge in [-0.05, 0) is 48.5 Å². The summed E-state index contributed by atoms with van der Waals surface area (Å²) < 4.78 is 6.64. The first-order valence-corrected chi connectivity index (χ1v) is 8.67. The van der Waals surface area contributed by atoms with Gasteiger partial charge in [-0.3, -0.25) is 9.36 Å². The monoisotopic (exact) mass is 371 g/mol. The van der Waals surface area contributed by atoms with Gasteiger partial charge in [-0.1, -0.05) is 30.3 Å². The number of methoxy groups -OCH3 is 1. The lowest BCUT2D eigenvalue weighted by Gasteiger charge is -2.12. The van der Waals surface area contributed by atoms with Gasteiger partial charge in [0.05, 0.1) is 18.3 Å². The molecule has 0 radical (unpaired) electrons. The van der Waals surface area contributed by atoms with E-state index in [1.54, 1.807) is 49.6 Å². The maximum Gasteiger partial charge on any atom is 0.287 e. The number of para-hydroxylation sites is 2. The Morgan fingerprint density at radius 1 is 0.857 bits per heavy atom. The Balaban J connectivity index is 1.91. The standard InChI is InChI=1S/C22H17N3O3/c1-28-17-13-11-15(12-14-17)23-24-20-21(26)18-9-5-6-10-19(18)25(22(20)27)16-7-3-2-4-8-16/h2-14,26H,1H3. The van der Waals surface area contributed by atoms with Gasteiger partial charge in [-0.2, -0.15) is 5.11 Å². The van der Waals surface area contributed by atoms with Gasteiger partial charge in [-0.25, -0.2) is 0 Å². The molecule has 0 fully saturated rings. The summed E-state index contributed by atoms with van der Waals surface area (Å²) in [6, 6.07) is 23.3. The summed E-state index contributed by atoms with van der Waals surface area (Å²) in [6.45, 7) is 0. The largest absolute Gasteiger partial charge is 0.505 e. The van der Waals surface area contributed by atoms with Gasteiger partial charge in [-0.15, -0.1) is 5.11 Å². The van der Waals surface area contributed by atoms with E-state index in [1.165, 1.54) is 4.57 Å². The van der Waals surface area contributed by atoms with Crippen molar-refractivity contribution in [1.29, 1.82) is 0 Å². The van der Waals surface area contributed by atoms with E-state index in [-0.39, 0.29) is 11.4 Å². The van der Waals surface area contributed by atoms with Crippen molar-refractivity contribution >= 4 is 22.3 Å². The topological polar surface area (TPSA) is 76.2 Å². The van der Waals surface area contributed by atoms with Crippen LogP contribution >= 0.6 is 0 Å². The zero-order valence-electron chi connectivity index (χ0n) is 15.1. The number of hydrogen-bond acceptors (Lipinski definition) is 5. The van der Waals surface area contributed by atoms with Crippen molar-refractivity contribution in [2.45, 2.75) is 0 Å². The predicted molar refractivity (Wildman–Crippen MR) is 108 cm³/mol. The number of pyridine rings is 1. The van der Waals surface area contributed by atoms with Crippen LogP contribution in [-0.4, -0.2) is 16.8 Å². The average Bonchev–Trinajstić information content (AvgIpc) is 2.75. The van der Waals surface area contributed by atoms with Crippen molar-refractivity contribution in [3.63, 3.8) is 0 Å². The summed E-state index contributed by atoms with van der Waals surface area (Å²) in [5.41, 5.74) is 1.27. The molecule has 4 aromatic rings. The summed E-state index contributed by atoms with van der Waals surface area (Å²) >= 11 is 0. The molecule has 1 aromatic heterocycles. The van der Waals surface area contributed by atoms with Crippen molar-refractivity contribution < 1.29 is 9.84 Å². The third-order valence-electron chi connectivity index (χ3n) is 4.38. The van der Waals surface area contributed by atoms with Crippen LogP contribution in [-0.2, 0) is 0 Å². The Bertz CT molecular complexity index is 1210. The average molecular weight is 371 g/mol. The molecular formula is C22H17N3O3. The number of ether oxygens (including phenoxy) is 1. The number of nitrogens with zero attached hydrogens (tertiary/aromatic N) is 3. The summed E-state index contributed by atoms with van der Waals surface area (Å²) in [7, 11) is 1.58. The summed E-state index contributed by atoms with van der Waals surface area (Å²) in [6.07, 6.45) is 0. The number of hydrogen-bond donors (Lipinski definition) is 1. The maximum atomic E-state index is 13.2. The fourth-order valence-corrected chi connectivity index (χ4v) is 2.99. The van der Waals surface area contributed by atoms with Crippen molar-refractivity contribution in [1.82, 2.24) is 4.57 Å². The van der Waals surface area contributed by atoms with Gasteiger partial charge in [0, 0.05) is 11.1 Å². The molecule has 0 bridgehead atoms. The van der Waals surface area contributed by atoms with E-state index in [0.717, 1.165) is 0 Å². The fraction of sp³-hybridized carbons (Fsp3) is 0.0455. The van der Waals surface area contributed by atoms with Gasteiger partial charge < -0.3 is 9.84 Å². The predicted octanol–water partition coefficient (Wildman–Crippen LogP) is 5.12. The first-order chi connectivity index (χ1) is 13.7. The highest BCUT2D eigenvalue weighted by Crippen LogP contribution is 2.33. The van der Waals surface area contributed by atoms with E-state index >= 15 is 0 Å². The number of azo groups is 1. The van der Waals surface area contributed by atoms with Crippen LogP contribution < -0.4 is 10.3 Å². The Morgan fingerprint density at radius 2 is 1.54 bits per heavy atom. The van der Waals surface area contributed by atoms with Gasteiger partial charge in [0.15, 0.2) is 11.4 Å². The molecule has 1 N–H and O–H groups in total. The van der Waals surface area contributed by atoms with E-state index < -0.39 is 5.56 Å². The minimum absolute atomic E-state index is 0.113. The molecule has 0 saturated heterocycles. The van der Waals surface area contributed by atoms with Gasteiger partial charge in [0.1, 0.15) is 5.75 Å². The highest BCUT2D eigenvalue weighted by atomic mass is 16.5. The zero-order valence-corrected chi connectivity index (χ0v) is 15.1. The molecule has 6 nitrogen and oxygen atoms in total. The number of fused-ring (bicyclic) bond motifs is 1. The Morgan fingerprint density at radius 3 is 2.25 bits per heavy atom. The lowest BCUT2D eigenvalue weighted by Crippen LogP contribution is -2.18. The molecule has 3 aromatic carbocycles. The molecule has 0 aliphatic rings. The number of aromatic hydroxyl groups is 1. The molecule has 6 heteroatoms. The van der Waals surface area contributed by atoms with Crippen molar-refractivity contribution in [2.24, 2.45) is 10.2 Å². The van der Waals surface area contributed by atoms with Crippen LogP contribution in [0.1, 0.15) is 0 Å². The van der Waals surface area contributed by atoms with E-state index in [1.807, 2.05) is 36.4 Å². The van der Waals surface area contributed by atoms with Crippen LogP contribution in [0.3, 0.4) is 0 Å². The highest BCUT2D eigenvalue weighted by Gasteiger charge is 2.17. The van der Waals surface area contributed by atoms with Crippen molar-refractivity contribution in [3.05, 3.63) is 89.2 Å². The SMILES string of the molecule is COc1ccc(N=Nc2c(O)c3ccccc3n(-c3ccccc3)c2=O)cc1.